The van der Waals surface area contributed by atoms with Crippen molar-refractivity contribution in [3.63, 3.8) is 0 Å². The van der Waals surface area contributed by atoms with E-state index in [0.29, 0.717) is 46.9 Å². The van der Waals surface area contributed by atoms with Gasteiger partial charge >= 0.3 is 5.69 Å². The molecule has 8 nitrogen and oxygen atoms in total. The number of non-ortho nitro benzene ring substituents is 1. The average molecular weight is 514 g/mol. The van der Waals surface area contributed by atoms with E-state index in [4.69, 9.17) is 4.74 Å². The number of halogens is 2. The van der Waals surface area contributed by atoms with Crippen LogP contribution in [0.4, 0.5) is 14.5 Å². The van der Waals surface area contributed by atoms with Crippen LogP contribution in [0.1, 0.15) is 30.0 Å². The molecular formula is C25H21F2N3O5S. The van der Waals surface area contributed by atoms with Crippen molar-refractivity contribution in [2.45, 2.75) is 32.4 Å². The smallest absolute Gasteiger partial charge is 0.332 e. The molecule has 0 aliphatic carbocycles. The average Bonchev–Trinajstić information content (AvgIpc) is 3.21. The normalized spacial score (nSPS) is 14.4. The molecule has 0 radical (unpaired) electrons. The molecule has 1 saturated heterocycles. The molecule has 0 atom stereocenters. The maximum absolute atomic E-state index is 14.6. The number of fused-ring (bicyclic) bond motifs is 1. The third-order valence-electron chi connectivity index (χ3n) is 6.52. The minimum Gasteiger partial charge on any atom is -0.381 e. The number of hydrogen-bond donors (Lipinski definition) is 0. The van der Waals surface area contributed by atoms with Crippen molar-refractivity contribution in [2.24, 2.45) is 0 Å². The Morgan fingerprint density at radius 3 is 2.33 bits per heavy atom. The molecule has 0 amide bonds. The molecule has 2 aromatic carbocycles. The quantitative estimate of drug-likeness (QED) is 0.283. The van der Waals surface area contributed by atoms with Crippen molar-refractivity contribution >= 4 is 27.2 Å². The molecule has 0 unspecified atom stereocenters. The molecule has 4 aromatic rings. The van der Waals surface area contributed by atoms with Gasteiger partial charge in [-0.2, -0.15) is 0 Å². The van der Waals surface area contributed by atoms with Gasteiger partial charge in [-0.1, -0.05) is 6.07 Å². The molecule has 0 spiro atoms. The predicted molar refractivity (Wildman–Crippen MR) is 132 cm³/mol. The minimum absolute atomic E-state index is 0.0775. The topological polar surface area (TPSA) is 96.4 Å². The van der Waals surface area contributed by atoms with Crippen LogP contribution in [0.25, 0.3) is 20.7 Å². The first kappa shape index (κ1) is 24.0. The van der Waals surface area contributed by atoms with Gasteiger partial charge in [-0.05, 0) is 55.2 Å². The van der Waals surface area contributed by atoms with E-state index in [1.54, 1.807) is 19.1 Å². The lowest BCUT2D eigenvalue weighted by Gasteiger charge is -2.24. The zero-order chi connectivity index (χ0) is 25.6. The first-order valence-corrected chi connectivity index (χ1v) is 12.1. The fourth-order valence-corrected chi connectivity index (χ4v) is 5.92. The Morgan fingerprint density at radius 1 is 1.08 bits per heavy atom. The molecule has 5 rings (SSSR count). The molecule has 1 aliphatic rings. The Balaban J connectivity index is 1.78. The van der Waals surface area contributed by atoms with E-state index < -0.39 is 40.4 Å². The van der Waals surface area contributed by atoms with E-state index in [1.165, 1.54) is 27.3 Å². The zero-order valence-electron chi connectivity index (χ0n) is 19.2. The van der Waals surface area contributed by atoms with Crippen molar-refractivity contribution in [2.75, 3.05) is 13.2 Å². The van der Waals surface area contributed by atoms with Gasteiger partial charge in [0.1, 0.15) is 16.5 Å². The van der Waals surface area contributed by atoms with Gasteiger partial charge in [0.25, 0.3) is 11.2 Å². The van der Waals surface area contributed by atoms with Gasteiger partial charge in [-0.15, -0.1) is 11.3 Å². The monoisotopic (exact) mass is 513 g/mol. The lowest BCUT2D eigenvalue weighted by atomic mass is 10.1. The second-order valence-corrected chi connectivity index (χ2v) is 9.63. The van der Waals surface area contributed by atoms with E-state index >= 15 is 0 Å². The molecule has 0 N–H and O–H groups in total. The van der Waals surface area contributed by atoms with Gasteiger partial charge in [0.05, 0.1) is 16.9 Å². The maximum atomic E-state index is 14.6. The zero-order valence-corrected chi connectivity index (χ0v) is 20.0. The summed E-state index contributed by atoms with van der Waals surface area (Å²) >= 11 is 1.14. The van der Waals surface area contributed by atoms with Gasteiger partial charge in [-0.3, -0.25) is 24.0 Å². The first-order chi connectivity index (χ1) is 17.3. The lowest BCUT2D eigenvalue weighted by Crippen LogP contribution is -2.43. The number of rotatable bonds is 5. The fraction of sp³-hybridized carbons (Fsp3) is 0.280. The largest absolute Gasteiger partial charge is 0.381 e. The Morgan fingerprint density at radius 2 is 1.72 bits per heavy atom. The van der Waals surface area contributed by atoms with Crippen LogP contribution >= 0.6 is 11.3 Å². The highest BCUT2D eigenvalue weighted by atomic mass is 32.1. The maximum Gasteiger partial charge on any atom is 0.332 e. The van der Waals surface area contributed by atoms with Gasteiger partial charge in [0.2, 0.25) is 0 Å². The first-order valence-electron chi connectivity index (χ1n) is 11.3. The Kier molecular flexibility index (Phi) is 6.27. The number of ether oxygens (including phenoxy) is 1. The van der Waals surface area contributed by atoms with Gasteiger partial charge in [-0.25, -0.2) is 13.6 Å². The van der Waals surface area contributed by atoms with Crippen molar-refractivity contribution in [1.29, 1.82) is 0 Å². The molecule has 36 heavy (non-hydrogen) atoms. The summed E-state index contributed by atoms with van der Waals surface area (Å²) < 4.78 is 36.9. The van der Waals surface area contributed by atoms with Gasteiger partial charge in [0.15, 0.2) is 0 Å². The highest BCUT2D eigenvalue weighted by Gasteiger charge is 2.27. The van der Waals surface area contributed by atoms with E-state index in [9.17, 15) is 28.5 Å². The summed E-state index contributed by atoms with van der Waals surface area (Å²) in [7, 11) is 0. The Hall–Kier alpha value is -3.70. The standard InChI is InChI=1S/C25H21F2N3O5S/c1-14-21-23(31)29(16-9-11-35-12-10-16)25(32)28(13-18-19(26)3-2-4-20(18)27)24(21)36-22(14)15-5-7-17(8-6-15)30(33)34/h2-8,16H,9-13H2,1H3. The van der Waals surface area contributed by atoms with Crippen molar-refractivity contribution in [3.8, 4) is 10.4 Å². The van der Waals surface area contributed by atoms with Crippen LogP contribution in [-0.4, -0.2) is 27.3 Å². The molecular weight excluding hydrogens is 492 g/mol. The molecule has 1 aliphatic heterocycles. The Labute approximate surface area is 207 Å². The van der Waals surface area contributed by atoms with Crippen LogP contribution in [0.15, 0.2) is 52.1 Å². The summed E-state index contributed by atoms with van der Waals surface area (Å²) in [5.41, 5.74) is -0.232. The summed E-state index contributed by atoms with van der Waals surface area (Å²) in [5.74, 6) is -1.58. The number of hydrogen-bond acceptors (Lipinski definition) is 6. The number of aromatic nitrogens is 2. The third kappa shape index (κ3) is 4.03. The van der Waals surface area contributed by atoms with Crippen molar-refractivity contribution in [3.05, 3.63) is 96.2 Å². The van der Waals surface area contributed by atoms with Gasteiger partial charge in [0, 0.05) is 41.8 Å². The van der Waals surface area contributed by atoms with E-state index in [2.05, 4.69) is 0 Å². The number of aryl methyl sites for hydroxylation is 1. The van der Waals surface area contributed by atoms with Crippen LogP contribution in [0.5, 0.6) is 0 Å². The van der Waals surface area contributed by atoms with E-state index in [1.807, 2.05) is 0 Å². The molecule has 3 heterocycles. The molecule has 0 saturated carbocycles. The molecule has 186 valence electrons. The van der Waals surface area contributed by atoms with Crippen LogP contribution in [-0.2, 0) is 11.3 Å². The highest BCUT2D eigenvalue weighted by Crippen LogP contribution is 2.37. The number of nitro groups is 1. The van der Waals surface area contributed by atoms with Crippen LogP contribution in [0, 0.1) is 28.7 Å². The number of nitrogens with zero attached hydrogens (tertiary/aromatic N) is 3. The number of thiophene rings is 1. The summed E-state index contributed by atoms with van der Waals surface area (Å²) in [5, 5.41) is 11.3. The van der Waals surface area contributed by atoms with Crippen molar-refractivity contribution in [1.82, 2.24) is 9.13 Å². The highest BCUT2D eigenvalue weighted by molar-refractivity contribution is 7.22. The molecule has 1 fully saturated rings. The van der Waals surface area contributed by atoms with Crippen LogP contribution < -0.4 is 11.2 Å². The third-order valence-corrected chi connectivity index (χ3v) is 7.88. The lowest BCUT2D eigenvalue weighted by molar-refractivity contribution is -0.384. The molecule has 0 bridgehead atoms. The molecule has 11 heteroatoms. The molecule has 2 aromatic heterocycles. The summed E-state index contributed by atoms with van der Waals surface area (Å²) in [6.07, 6.45) is 0.931. The van der Waals surface area contributed by atoms with Crippen molar-refractivity contribution < 1.29 is 18.4 Å². The summed E-state index contributed by atoms with van der Waals surface area (Å²) in [6, 6.07) is 8.97. The second kappa shape index (κ2) is 9.40. The second-order valence-electron chi connectivity index (χ2n) is 8.63. The SMILES string of the molecule is Cc1c(-c2ccc([N+](=O)[O-])cc2)sc2c1c(=O)n(C1CCOCC1)c(=O)n2Cc1c(F)cccc1F. The fourth-order valence-electron chi connectivity index (χ4n) is 4.62. The predicted octanol–water partition coefficient (Wildman–Crippen LogP) is 4.79. The summed E-state index contributed by atoms with van der Waals surface area (Å²) in [4.78, 5) is 38.8. The number of nitro benzene ring substituents is 1. The number of benzene rings is 2. The van der Waals surface area contributed by atoms with E-state index in [-0.39, 0.29) is 16.6 Å². The minimum atomic E-state index is -0.789. The van der Waals surface area contributed by atoms with Crippen LogP contribution in [0.2, 0.25) is 0 Å². The van der Waals surface area contributed by atoms with Crippen LogP contribution in [0.3, 0.4) is 0 Å². The summed E-state index contributed by atoms with van der Waals surface area (Å²) in [6.45, 7) is 2.14. The Bertz CT molecular complexity index is 1580. The van der Waals surface area contributed by atoms with Gasteiger partial charge < -0.3 is 4.74 Å². The van der Waals surface area contributed by atoms with E-state index in [0.717, 1.165) is 23.5 Å².